The molecule has 0 heterocycles. The van der Waals surface area contributed by atoms with E-state index in [1.54, 1.807) is 0 Å². The van der Waals surface area contributed by atoms with Crippen molar-refractivity contribution in [2.75, 3.05) is 52.9 Å². The molecule has 4 aromatic carbocycles. The first-order valence-corrected chi connectivity index (χ1v) is 51.2. The van der Waals surface area contributed by atoms with E-state index in [4.69, 9.17) is 37.9 Å². The molecule has 660 valence electrons. The topological polar surface area (TPSA) is 73.8 Å². The fourth-order valence-electron chi connectivity index (χ4n) is 18.9. The lowest BCUT2D eigenvalue weighted by Gasteiger charge is -2.50. The number of unbranched alkanes of at least 4 members (excludes halogenated alkanes) is 56. The minimum Gasteiger partial charge on any atom is -0.490 e. The van der Waals surface area contributed by atoms with Crippen LogP contribution in [0.1, 0.15) is 535 Å². The van der Waals surface area contributed by atoms with Crippen LogP contribution in [-0.4, -0.2) is 52.9 Å². The molecule has 0 radical (unpaired) electrons. The maximum Gasteiger partial charge on any atom is 0.161 e. The van der Waals surface area contributed by atoms with Crippen LogP contribution in [0.25, 0.3) is 0 Å². The third kappa shape index (κ3) is 36.5. The molecule has 0 unspecified atom stereocenters. The van der Waals surface area contributed by atoms with E-state index in [-0.39, 0.29) is 23.7 Å². The average Bonchev–Trinajstić information content (AvgIpc) is 0.680. The van der Waals surface area contributed by atoms with Gasteiger partial charge in [0.25, 0.3) is 0 Å². The van der Waals surface area contributed by atoms with E-state index in [2.05, 4.69) is 104 Å². The Morgan fingerprint density at radius 1 is 0.129 bits per heavy atom. The SMILES string of the molecule is CCCCCCCCCCOc1cc2c(cc1OCCCCCCCCCC)C1c3cc(OCCCCCCCCCC)c(OCCCCCCCCCC)cc3C2C2c3cc(OCCCCCCCCCC)c(OCCCCCCCCCC)cc3C1c1cc(OCCCCCCCCCC)c(OCCCCCCCCCC)cc12. The van der Waals surface area contributed by atoms with Gasteiger partial charge in [0.1, 0.15) is 0 Å². The van der Waals surface area contributed by atoms with Gasteiger partial charge in [0.05, 0.1) is 52.9 Å². The Kier molecular flexibility index (Phi) is 54.4. The molecule has 0 spiro atoms. The molecule has 8 heteroatoms. The third-order valence-electron chi connectivity index (χ3n) is 26.0. The maximum absolute atomic E-state index is 7.31. The molecular weight excluding hydrogens is 1430 g/mol. The predicted octanol–water partition coefficient (Wildman–Crippen LogP) is 34.7. The van der Waals surface area contributed by atoms with Crippen LogP contribution in [0.3, 0.4) is 0 Å². The molecule has 0 saturated carbocycles. The van der Waals surface area contributed by atoms with Gasteiger partial charge in [-0.15, -0.1) is 0 Å². The van der Waals surface area contributed by atoms with E-state index < -0.39 is 0 Å². The molecule has 0 N–H and O–H groups in total. The largest absolute Gasteiger partial charge is 0.490 e. The molecule has 0 aromatic heterocycles. The van der Waals surface area contributed by atoms with Gasteiger partial charge in [0.2, 0.25) is 0 Å². The smallest absolute Gasteiger partial charge is 0.161 e. The zero-order valence-corrected chi connectivity index (χ0v) is 77.1. The number of rotatable bonds is 80. The summed E-state index contributed by atoms with van der Waals surface area (Å²) in [6, 6.07) is 20.0. The second-order valence-corrected chi connectivity index (χ2v) is 36.2. The van der Waals surface area contributed by atoms with Gasteiger partial charge in [0, 0.05) is 23.7 Å². The minimum atomic E-state index is -0.149. The zero-order valence-electron chi connectivity index (χ0n) is 77.1. The summed E-state index contributed by atoms with van der Waals surface area (Å²) in [4.78, 5) is 0. The van der Waals surface area contributed by atoms with Crippen molar-refractivity contribution in [3.63, 3.8) is 0 Å². The fourth-order valence-corrected chi connectivity index (χ4v) is 18.9. The van der Waals surface area contributed by atoms with Gasteiger partial charge < -0.3 is 37.9 Å². The van der Waals surface area contributed by atoms with Crippen molar-refractivity contribution in [3.8, 4) is 46.0 Å². The van der Waals surface area contributed by atoms with Gasteiger partial charge in [-0.25, -0.2) is 0 Å². The van der Waals surface area contributed by atoms with E-state index in [0.717, 1.165) is 97.4 Å². The van der Waals surface area contributed by atoms with Crippen LogP contribution in [0.5, 0.6) is 46.0 Å². The van der Waals surface area contributed by atoms with Crippen molar-refractivity contribution in [3.05, 3.63) is 93.0 Å². The molecule has 0 fully saturated rings. The monoisotopic (exact) mass is 1610 g/mol. The molecule has 0 saturated heterocycles. The highest BCUT2D eigenvalue weighted by Gasteiger charge is 2.52. The molecule has 6 aliphatic rings. The molecule has 0 aliphatic heterocycles. The Morgan fingerprint density at radius 3 is 0.310 bits per heavy atom. The second-order valence-electron chi connectivity index (χ2n) is 36.2. The molecular formula is C108H180O8. The van der Waals surface area contributed by atoms with Crippen molar-refractivity contribution in [2.24, 2.45) is 0 Å². The zero-order chi connectivity index (χ0) is 81.8. The molecule has 0 amide bonds. The first-order valence-electron chi connectivity index (χ1n) is 51.2. The second kappa shape index (κ2) is 64.2. The summed E-state index contributed by atoms with van der Waals surface area (Å²) >= 11 is 0. The van der Waals surface area contributed by atoms with Crippen molar-refractivity contribution in [1.82, 2.24) is 0 Å². The van der Waals surface area contributed by atoms with E-state index >= 15 is 0 Å². The number of hydrogen-bond donors (Lipinski definition) is 0. The number of benzene rings is 4. The van der Waals surface area contributed by atoms with Gasteiger partial charge in [-0.1, -0.05) is 415 Å². The van der Waals surface area contributed by atoms with Crippen LogP contribution >= 0.6 is 0 Å². The van der Waals surface area contributed by atoms with Crippen LogP contribution in [0.15, 0.2) is 48.5 Å². The molecule has 4 aromatic rings. The van der Waals surface area contributed by atoms with Crippen molar-refractivity contribution in [2.45, 2.75) is 490 Å². The molecule has 116 heavy (non-hydrogen) atoms. The van der Waals surface area contributed by atoms with Gasteiger partial charge in [0.15, 0.2) is 46.0 Å². The van der Waals surface area contributed by atoms with E-state index in [0.29, 0.717) is 52.9 Å². The lowest BCUT2D eigenvalue weighted by atomic mass is 9.53. The van der Waals surface area contributed by atoms with E-state index in [1.165, 1.54) is 404 Å². The highest BCUT2D eigenvalue weighted by Crippen LogP contribution is 2.67. The quantitative estimate of drug-likeness (QED) is 0.0405. The molecule has 10 rings (SSSR count). The molecule has 8 nitrogen and oxygen atoms in total. The highest BCUT2D eigenvalue weighted by atomic mass is 16.5. The fraction of sp³-hybridized carbons (Fsp3) is 0.778. The van der Waals surface area contributed by atoms with Crippen LogP contribution in [0.2, 0.25) is 0 Å². The predicted molar refractivity (Wildman–Crippen MR) is 498 cm³/mol. The van der Waals surface area contributed by atoms with Crippen LogP contribution in [0, 0.1) is 0 Å². The summed E-state index contributed by atoms with van der Waals surface area (Å²) in [5, 5.41) is 0. The minimum absolute atomic E-state index is 0.149. The molecule has 0 atom stereocenters. The van der Waals surface area contributed by atoms with Crippen molar-refractivity contribution < 1.29 is 37.9 Å². The summed E-state index contributed by atoms with van der Waals surface area (Å²) in [7, 11) is 0. The van der Waals surface area contributed by atoms with Gasteiger partial charge in [-0.3, -0.25) is 0 Å². The van der Waals surface area contributed by atoms with Gasteiger partial charge in [-0.2, -0.15) is 0 Å². The standard InChI is InChI=1S/C108H180O8/c1-9-17-25-33-41-49-57-65-73-109-97-81-89-90(82-98(97)110-74-66-58-50-42-34-26-18-10-2)106-92-84-100(112-76-68-60-52-44-36-28-20-12-4)99(111-75-67-59-51-43-35-27-19-11-3)83-91(92)105(89)107-93-85-101(113-77-69-61-53-45-37-29-21-13-5)103(115-79-71-63-55-47-39-31-23-15-7)87-95(93)108(106)96-88-104(116-80-72-64-56-48-40-32-24-16-8)102(86-94(96)107)114-78-70-62-54-46-38-30-22-14-6/h81-88,105-108H,9-80H2,1-8H3. The lowest BCUT2D eigenvalue weighted by molar-refractivity contribution is 0.254. The van der Waals surface area contributed by atoms with Gasteiger partial charge >= 0.3 is 0 Å². The summed E-state index contributed by atoms with van der Waals surface area (Å²) < 4.78 is 58.5. The molecule has 4 bridgehead atoms. The Bertz CT molecular complexity index is 2470. The first kappa shape index (κ1) is 98.4. The van der Waals surface area contributed by atoms with Crippen LogP contribution in [0.4, 0.5) is 0 Å². The summed E-state index contributed by atoms with van der Waals surface area (Å²) in [5.74, 6) is 6.55. The lowest BCUT2D eigenvalue weighted by Crippen LogP contribution is -2.36. The van der Waals surface area contributed by atoms with E-state index in [9.17, 15) is 0 Å². The first-order chi connectivity index (χ1) is 57.5. The molecule has 6 aliphatic carbocycles. The Labute approximate surface area is 715 Å². The highest BCUT2D eigenvalue weighted by molar-refractivity contribution is 5.73. The Hall–Kier alpha value is -4.72. The van der Waals surface area contributed by atoms with Crippen LogP contribution < -0.4 is 37.9 Å². The van der Waals surface area contributed by atoms with Crippen molar-refractivity contribution >= 4 is 0 Å². The maximum atomic E-state index is 7.31. The Balaban J connectivity index is 1.44. The van der Waals surface area contributed by atoms with Crippen molar-refractivity contribution in [1.29, 1.82) is 0 Å². The number of ether oxygens (including phenoxy) is 8. The summed E-state index contributed by atoms with van der Waals surface area (Å²) in [6.45, 7) is 23.9. The third-order valence-corrected chi connectivity index (χ3v) is 26.0. The Morgan fingerprint density at radius 2 is 0.216 bits per heavy atom. The van der Waals surface area contributed by atoms with E-state index in [1.807, 2.05) is 0 Å². The summed E-state index contributed by atoms with van der Waals surface area (Å²) in [6.07, 6.45) is 80.3. The summed E-state index contributed by atoms with van der Waals surface area (Å²) in [5.41, 5.74) is 10.7. The normalized spacial score (nSPS) is 15.0. The van der Waals surface area contributed by atoms with Gasteiger partial charge in [-0.05, 0) is 144 Å². The number of hydrogen-bond acceptors (Lipinski definition) is 8. The average molecular weight is 1610 g/mol. The van der Waals surface area contributed by atoms with Crippen LogP contribution in [-0.2, 0) is 0 Å².